The molecule has 6 atom stereocenters. The third-order valence-corrected chi connectivity index (χ3v) is 9.08. The average Bonchev–Trinajstić information content (AvgIpc) is 3.19. The van der Waals surface area contributed by atoms with Crippen LogP contribution in [0.15, 0.2) is 24.3 Å². The summed E-state index contributed by atoms with van der Waals surface area (Å²) in [6, 6.07) is -1.61. The average molecular weight is 545 g/mol. The van der Waals surface area contributed by atoms with E-state index in [1.54, 1.807) is 4.90 Å². The first-order valence-electron chi connectivity index (χ1n) is 14.6. The highest BCUT2D eigenvalue weighted by atomic mass is 16.6. The molecular weight excluding hydrogens is 496 g/mol. The summed E-state index contributed by atoms with van der Waals surface area (Å²) in [7, 11) is 0. The maximum atomic E-state index is 14.8. The predicted octanol–water partition coefficient (Wildman–Crippen LogP) is 3.87. The molecule has 0 aromatic heterocycles. The molecule has 0 bridgehead atoms. The standard InChI is InChI=1S/C31H48N2O6/c1-9-30-14-11-10-12-17-38-27(37)23(30)22-25(35)33(21(18-34)20(2)3)24-26(36)32(16-13-15-31(22,24)39-30)29(7,8)19-28(4,5)6/h11,13-15,20-24,34H,9-10,12,16-19H2,1-8H3/b14-11-/t21-,22-,23+,24?,30-,31-/m0/s1. The van der Waals surface area contributed by atoms with Crippen molar-refractivity contribution in [2.24, 2.45) is 23.2 Å². The second kappa shape index (κ2) is 10.3. The van der Waals surface area contributed by atoms with Gasteiger partial charge in [-0.3, -0.25) is 14.4 Å². The van der Waals surface area contributed by atoms with Gasteiger partial charge in [0, 0.05) is 12.1 Å². The first-order valence-corrected chi connectivity index (χ1v) is 14.6. The molecule has 1 N–H and O–H groups in total. The number of carbonyl (C=O) groups is 3. The topological polar surface area (TPSA) is 96.4 Å². The number of fused-ring (bicyclic) bond motifs is 2. The van der Waals surface area contributed by atoms with Crippen molar-refractivity contribution in [3.63, 3.8) is 0 Å². The minimum Gasteiger partial charge on any atom is -0.465 e. The Kier molecular flexibility index (Phi) is 7.89. The molecule has 2 saturated heterocycles. The minimum absolute atomic E-state index is 0.0363. The van der Waals surface area contributed by atoms with E-state index in [0.717, 1.165) is 12.8 Å². The monoisotopic (exact) mass is 544 g/mol. The maximum absolute atomic E-state index is 14.8. The molecule has 4 aliphatic heterocycles. The highest BCUT2D eigenvalue weighted by molar-refractivity contribution is 5.99. The number of hydrogen-bond acceptors (Lipinski definition) is 6. The van der Waals surface area contributed by atoms with E-state index in [9.17, 15) is 19.5 Å². The lowest BCUT2D eigenvalue weighted by atomic mass is 9.73. The molecule has 0 aromatic carbocycles. The number of likely N-dealkylation sites (tertiary alicyclic amines) is 1. The zero-order valence-corrected chi connectivity index (χ0v) is 25.0. The van der Waals surface area contributed by atoms with Crippen molar-refractivity contribution in [2.75, 3.05) is 19.8 Å². The summed E-state index contributed by atoms with van der Waals surface area (Å²) in [4.78, 5) is 46.4. The number of ether oxygens (including phenoxy) is 2. The fourth-order valence-electron chi connectivity index (χ4n) is 7.73. The smallest absolute Gasteiger partial charge is 0.313 e. The molecule has 2 amide bonds. The van der Waals surface area contributed by atoms with Crippen molar-refractivity contribution in [1.82, 2.24) is 9.80 Å². The fourth-order valence-corrected chi connectivity index (χ4v) is 7.73. The van der Waals surface area contributed by atoms with Crippen LogP contribution in [0, 0.1) is 23.2 Å². The molecule has 8 heteroatoms. The van der Waals surface area contributed by atoms with E-state index < -0.39 is 46.6 Å². The molecule has 0 aromatic rings. The Morgan fingerprint density at radius 3 is 2.33 bits per heavy atom. The Bertz CT molecular complexity index is 1040. The molecule has 0 aliphatic carbocycles. The molecule has 4 aliphatic rings. The first-order chi connectivity index (χ1) is 18.2. The number of cyclic esters (lactones) is 1. The van der Waals surface area contributed by atoms with Crippen LogP contribution in [0.1, 0.15) is 81.1 Å². The van der Waals surface area contributed by atoms with Gasteiger partial charge in [0.15, 0.2) is 0 Å². The Morgan fingerprint density at radius 2 is 1.74 bits per heavy atom. The van der Waals surface area contributed by atoms with Gasteiger partial charge in [0.05, 0.1) is 25.2 Å². The largest absolute Gasteiger partial charge is 0.465 e. The quantitative estimate of drug-likeness (QED) is 0.403. The molecule has 1 unspecified atom stereocenters. The maximum Gasteiger partial charge on any atom is 0.313 e. The second-order valence-corrected chi connectivity index (χ2v) is 14.0. The van der Waals surface area contributed by atoms with E-state index in [1.807, 2.05) is 50.0 Å². The summed E-state index contributed by atoms with van der Waals surface area (Å²) in [5.41, 5.74) is -2.97. The number of nitrogens with zero attached hydrogens (tertiary/aromatic N) is 2. The summed E-state index contributed by atoms with van der Waals surface area (Å²) in [6.07, 6.45) is 10.4. The van der Waals surface area contributed by atoms with Crippen molar-refractivity contribution in [3.8, 4) is 0 Å². The predicted molar refractivity (Wildman–Crippen MR) is 149 cm³/mol. The van der Waals surface area contributed by atoms with E-state index >= 15 is 0 Å². The van der Waals surface area contributed by atoms with Crippen LogP contribution in [0.3, 0.4) is 0 Å². The molecule has 39 heavy (non-hydrogen) atoms. The molecule has 218 valence electrons. The van der Waals surface area contributed by atoms with Crippen molar-refractivity contribution in [3.05, 3.63) is 24.3 Å². The van der Waals surface area contributed by atoms with E-state index in [-0.39, 0.29) is 36.4 Å². The molecule has 0 radical (unpaired) electrons. The zero-order chi connectivity index (χ0) is 29.0. The van der Waals surface area contributed by atoms with Gasteiger partial charge in [-0.25, -0.2) is 0 Å². The van der Waals surface area contributed by atoms with Gasteiger partial charge in [0.25, 0.3) is 0 Å². The van der Waals surface area contributed by atoms with E-state index in [4.69, 9.17) is 9.47 Å². The Labute approximate surface area is 233 Å². The molecular formula is C31H48N2O6. The normalized spacial score (nSPS) is 35.0. The van der Waals surface area contributed by atoms with Crippen molar-refractivity contribution in [1.29, 1.82) is 0 Å². The van der Waals surface area contributed by atoms with Gasteiger partial charge in [-0.15, -0.1) is 0 Å². The number of rotatable bonds is 6. The van der Waals surface area contributed by atoms with Crippen molar-refractivity contribution in [2.45, 2.75) is 110 Å². The minimum atomic E-state index is -1.35. The van der Waals surface area contributed by atoms with Gasteiger partial charge in [0.1, 0.15) is 23.2 Å². The van der Waals surface area contributed by atoms with Crippen LogP contribution in [0.25, 0.3) is 0 Å². The van der Waals surface area contributed by atoms with Gasteiger partial charge in [-0.2, -0.15) is 0 Å². The van der Waals surface area contributed by atoms with Crippen LogP contribution >= 0.6 is 0 Å². The fraction of sp³-hybridized carbons (Fsp3) is 0.774. The molecule has 8 nitrogen and oxygen atoms in total. The lowest BCUT2D eigenvalue weighted by Crippen LogP contribution is -2.62. The molecule has 4 rings (SSSR count). The highest BCUT2D eigenvalue weighted by Crippen LogP contribution is 2.59. The number of allylic oxidation sites excluding steroid dienone is 1. The molecule has 0 saturated carbocycles. The summed E-state index contributed by atoms with van der Waals surface area (Å²) in [5.74, 6) is -2.94. The van der Waals surface area contributed by atoms with Crippen LogP contribution in [0.2, 0.25) is 0 Å². The first kappa shape index (κ1) is 29.8. The lowest BCUT2D eigenvalue weighted by molar-refractivity contribution is -0.165. The van der Waals surface area contributed by atoms with Gasteiger partial charge < -0.3 is 24.4 Å². The second-order valence-electron chi connectivity index (χ2n) is 14.0. The zero-order valence-electron chi connectivity index (χ0n) is 25.0. The van der Waals surface area contributed by atoms with Crippen LogP contribution < -0.4 is 0 Å². The van der Waals surface area contributed by atoms with E-state index in [2.05, 4.69) is 34.6 Å². The lowest BCUT2D eigenvalue weighted by Gasteiger charge is -2.46. The Morgan fingerprint density at radius 1 is 1.05 bits per heavy atom. The number of aliphatic hydroxyl groups is 1. The van der Waals surface area contributed by atoms with E-state index in [1.165, 1.54) is 0 Å². The van der Waals surface area contributed by atoms with Crippen LogP contribution in [0.5, 0.6) is 0 Å². The summed E-state index contributed by atoms with van der Waals surface area (Å²) in [5, 5.41) is 10.5. The third kappa shape index (κ3) is 4.86. The SMILES string of the molecule is CC[C@]12/C=C\CCCOC(=O)[C@H]1[C@H]1C(=O)N([C@@H](CO)C(C)C)C3C(=O)N(C(C)(C)CC(C)(C)C)CC=C[C@@]31O2. The molecule has 1 spiro atoms. The summed E-state index contributed by atoms with van der Waals surface area (Å²) in [6.45, 7) is 16.7. The van der Waals surface area contributed by atoms with Gasteiger partial charge in [0.2, 0.25) is 11.8 Å². The molecule has 4 heterocycles. The Balaban J connectivity index is 1.93. The summed E-state index contributed by atoms with van der Waals surface area (Å²) < 4.78 is 12.7. The number of aliphatic hydroxyl groups excluding tert-OH is 1. The van der Waals surface area contributed by atoms with Gasteiger partial charge in [-0.1, -0.05) is 65.8 Å². The third-order valence-electron chi connectivity index (χ3n) is 9.08. The van der Waals surface area contributed by atoms with Gasteiger partial charge >= 0.3 is 5.97 Å². The highest BCUT2D eigenvalue weighted by Gasteiger charge is 2.76. The van der Waals surface area contributed by atoms with E-state index in [0.29, 0.717) is 19.4 Å². The molecule has 2 fully saturated rings. The Hall–Kier alpha value is -2.19. The summed E-state index contributed by atoms with van der Waals surface area (Å²) >= 11 is 0. The number of esters is 1. The van der Waals surface area contributed by atoms with Crippen molar-refractivity contribution < 1.29 is 29.0 Å². The van der Waals surface area contributed by atoms with Crippen LogP contribution in [0.4, 0.5) is 0 Å². The van der Waals surface area contributed by atoms with Crippen LogP contribution in [-0.4, -0.2) is 81.3 Å². The number of amides is 2. The number of hydrogen-bond donors (Lipinski definition) is 1. The van der Waals surface area contributed by atoms with Crippen LogP contribution in [-0.2, 0) is 23.9 Å². The number of carbonyl (C=O) groups excluding carboxylic acids is 3. The van der Waals surface area contributed by atoms with Gasteiger partial charge in [-0.05, 0) is 50.9 Å². The van der Waals surface area contributed by atoms with Crippen molar-refractivity contribution >= 4 is 17.8 Å².